The van der Waals surface area contributed by atoms with Crippen molar-refractivity contribution in [2.75, 3.05) is 25.0 Å². The van der Waals surface area contributed by atoms with Gasteiger partial charge in [-0.25, -0.2) is 4.79 Å². The molecule has 2 aromatic rings. The number of nitrogens with one attached hydrogen (secondary N) is 1. The number of nitriles is 1. The second kappa shape index (κ2) is 10.6. The van der Waals surface area contributed by atoms with Crippen LogP contribution in [0.3, 0.4) is 0 Å². The Bertz CT molecular complexity index is 1080. The van der Waals surface area contributed by atoms with Crippen molar-refractivity contribution >= 4 is 34.4 Å². The molecule has 0 bridgehead atoms. The Morgan fingerprint density at radius 2 is 2.30 bits per heavy atom. The Kier molecular flexibility index (Phi) is 7.37. The topological polar surface area (TPSA) is 116 Å². The van der Waals surface area contributed by atoms with Crippen molar-refractivity contribution in [1.82, 2.24) is 9.88 Å². The summed E-state index contributed by atoms with van der Waals surface area (Å²) in [5, 5.41) is 22.8. The molecule has 2 atom stereocenters. The number of β-amino-alcohol motifs (C(OH)–C–C–N with tert-alkyl or cyclic N) is 1. The number of pyridine rings is 1. The molecule has 1 aliphatic heterocycles. The van der Waals surface area contributed by atoms with Crippen LogP contribution in [0.4, 0.5) is 9.80 Å². The molecule has 2 aromatic heterocycles. The molecule has 2 unspecified atom stereocenters. The van der Waals surface area contributed by atoms with E-state index in [1.807, 2.05) is 6.07 Å². The zero-order valence-electron chi connectivity index (χ0n) is 18.2. The van der Waals surface area contributed by atoms with Crippen LogP contribution in [0.5, 0.6) is 0 Å². The quantitative estimate of drug-likeness (QED) is 0.653. The minimum Gasteiger partial charge on any atom is -0.449 e. The number of thiophene rings is 1. The van der Waals surface area contributed by atoms with Gasteiger partial charge in [-0.05, 0) is 61.3 Å². The van der Waals surface area contributed by atoms with Crippen LogP contribution in [0.25, 0.3) is 6.08 Å². The van der Waals surface area contributed by atoms with Gasteiger partial charge in [0.2, 0.25) is 5.91 Å². The molecule has 2 N–H and O–H groups in total. The van der Waals surface area contributed by atoms with Crippen LogP contribution in [0.1, 0.15) is 40.8 Å². The lowest BCUT2D eigenvalue weighted by Gasteiger charge is -2.30. The molecule has 3 heterocycles. The predicted molar refractivity (Wildman–Crippen MR) is 125 cm³/mol. The molecular weight excluding hydrogens is 440 g/mol. The number of aliphatic hydroxyl groups excluding tert-OH is 1. The number of carbonyl (C=O) groups is 2. The van der Waals surface area contributed by atoms with Gasteiger partial charge in [0, 0.05) is 36.4 Å². The van der Waals surface area contributed by atoms with Gasteiger partial charge in [0.05, 0.1) is 18.3 Å². The third-order valence-electron chi connectivity index (χ3n) is 5.92. The standard InChI is InChI=1S/C24H26N4O4S/c25-12-20-19-7-5-17(15-32-24(31)28-10-2-4-18(29)14-28)11-21(19)33-23(20)27-22(30)8-6-16-3-1-9-26-13-16/h1,3,6,8-9,13,17-18,29H,2,4-5,7,10-11,14-15H2,(H,27,30). The maximum atomic E-state index is 12.4. The Morgan fingerprint density at radius 1 is 1.42 bits per heavy atom. The summed E-state index contributed by atoms with van der Waals surface area (Å²) in [6.45, 7) is 1.24. The fourth-order valence-corrected chi connectivity index (χ4v) is 5.52. The molecule has 8 nitrogen and oxygen atoms in total. The fraction of sp³-hybridized carbons (Fsp3) is 0.417. The molecule has 0 radical (unpaired) electrons. The van der Waals surface area contributed by atoms with Crippen molar-refractivity contribution in [1.29, 1.82) is 5.26 Å². The van der Waals surface area contributed by atoms with Crippen molar-refractivity contribution in [2.45, 2.75) is 38.2 Å². The lowest BCUT2D eigenvalue weighted by Crippen LogP contribution is -2.42. The van der Waals surface area contributed by atoms with E-state index < -0.39 is 6.10 Å². The van der Waals surface area contributed by atoms with E-state index in [4.69, 9.17) is 4.74 Å². The molecule has 2 aliphatic rings. The number of nitrogens with zero attached hydrogens (tertiary/aromatic N) is 3. The first-order valence-corrected chi connectivity index (χ1v) is 11.9. The molecule has 1 saturated heterocycles. The highest BCUT2D eigenvalue weighted by molar-refractivity contribution is 7.16. The van der Waals surface area contributed by atoms with E-state index in [2.05, 4.69) is 16.4 Å². The molecule has 0 aromatic carbocycles. The van der Waals surface area contributed by atoms with E-state index in [1.165, 1.54) is 17.4 Å². The SMILES string of the molecule is N#Cc1c(NC(=O)C=Cc2cccnc2)sc2c1CCC(COC(=O)N1CCCC(O)C1)C2. The Hall–Kier alpha value is -3.22. The number of hydrogen-bond acceptors (Lipinski definition) is 7. The van der Waals surface area contributed by atoms with E-state index in [0.29, 0.717) is 49.5 Å². The van der Waals surface area contributed by atoms with E-state index >= 15 is 0 Å². The lowest BCUT2D eigenvalue weighted by molar-refractivity contribution is -0.111. The third-order valence-corrected chi connectivity index (χ3v) is 7.09. The number of aliphatic hydroxyl groups is 1. The molecule has 1 fully saturated rings. The minimum atomic E-state index is -0.480. The van der Waals surface area contributed by atoms with Gasteiger partial charge in [-0.2, -0.15) is 5.26 Å². The molecule has 172 valence electrons. The van der Waals surface area contributed by atoms with E-state index in [-0.39, 0.29) is 17.9 Å². The van der Waals surface area contributed by atoms with Gasteiger partial charge in [0.1, 0.15) is 11.1 Å². The molecule has 1 aliphatic carbocycles. The van der Waals surface area contributed by atoms with Crippen LogP contribution in [-0.4, -0.2) is 52.8 Å². The normalized spacial score (nSPS) is 20.2. The van der Waals surface area contributed by atoms with Crippen molar-refractivity contribution in [3.63, 3.8) is 0 Å². The molecule has 9 heteroatoms. The monoisotopic (exact) mass is 466 g/mol. The Balaban J connectivity index is 1.35. The number of fused-ring (bicyclic) bond motifs is 1. The van der Waals surface area contributed by atoms with Crippen LogP contribution >= 0.6 is 11.3 Å². The largest absolute Gasteiger partial charge is 0.449 e. The number of rotatable bonds is 5. The first-order chi connectivity index (χ1) is 16.0. The van der Waals surface area contributed by atoms with Crippen LogP contribution in [-0.2, 0) is 22.4 Å². The van der Waals surface area contributed by atoms with Gasteiger partial charge >= 0.3 is 6.09 Å². The van der Waals surface area contributed by atoms with E-state index in [1.54, 1.807) is 29.4 Å². The third kappa shape index (κ3) is 5.78. The molecule has 4 rings (SSSR count). The maximum absolute atomic E-state index is 12.4. The maximum Gasteiger partial charge on any atom is 0.409 e. The highest BCUT2D eigenvalue weighted by Crippen LogP contribution is 2.39. The number of aromatic nitrogens is 1. The van der Waals surface area contributed by atoms with Gasteiger partial charge in [0.25, 0.3) is 0 Å². The second-order valence-corrected chi connectivity index (χ2v) is 9.46. The summed E-state index contributed by atoms with van der Waals surface area (Å²) >= 11 is 1.42. The highest BCUT2D eigenvalue weighted by atomic mass is 32.1. The van der Waals surface area contributed by atoms with Gasteiger partial charge in [-0.1, -0.05) is 6.07 Å². The number of ether oxygens (including phenoxy) is 1. The number of amides is 2. The Labute approximate surface area is 196 Å². The first kappa shape index (κ1) is 23.0. The van der Waals surface area contributed by atoms with E-state index in [9.17, 15) is 20.0 Å². The van der Waals surface area contributed by atoms with Crippen LogP contribution in [0, 0.1) is 17.2 Å². The summed E-state index contributed by atoms with van der Waals surface area (Å²) in [4.78, 5) is 31.3. The number of likely N-dealkylation sites (tertiary alicyclic amines) is 1. The summed E-state index contributed by atoms with van der Waals surface area (Å²) in [7, 11) is 0. The average molecular weight is 467 g/mol. The molecule has 0 saturated carbocycles. The van der Waals surface area contributed by atoms with Crippen LogP contribution < -0.4 is 5.32 Å². The number of hydrogen-bond donors (Lipinski definition) is 2. The van der Waals surface area contributed by atoms with Gasteiger partial charge in [-0.15, -0.1) is 11.3 Å². The van der Waals surface area contributed by atoms with Crippen LogP contribution in [0.15, 0.2) is 30.6 Å². The van der Waals surface area contributed by atoms with Gasteiger partial charge in [-0.3, -0.25) is 9.78 Å². The summed E-state index contributed by atoms with van der Waals surface area (Å²) in [6, 6.07) is 5.88. The van der Waals surface area contributed by atoms with Gasteiger partial charge in [0.15, 0.2) is 0 Å². The fourth-order valence-electron chi connectivity index (χ4n) is 4.20. The molecule has 2 amide bonds. The zero-order valence-corrected chi connectivity index (χ0v) is 19.0. The summed E-state index contributed by atoms with van der Waals surface area (Å²) in [6.07, 6.45) is 9.28. The highest BCUT2D eigenvalue weighted by Gasteiger charge is 2.28. The summed E-state index contributed by atoms with van der Waals surface area (Å²) < 4.78 is 5.52. The van der Waals surface area contributed by atoms with Crippen molar-refractivity contribution in [2.24, 2.45) is 5.92 Å². The van der Waals surface area contributed by atoms with Crippen LogP contribution in [0.2, 0.25) is 0 Å². The number of anilines is 1. The Morgan fingerprint density at radius 3 is 3.06 bits per heavy atom. The van der Waals surface area contributed by atoms with E-state index in [0.717, 1.165) is 28.8 Å². The molecule has 33 heavy (non-hydrogen) atoms. The minimum absolute atomic E-state index is 0.162. The second-order valence-electron chi connectivity index (χ2n) is 8.36. The smallest absolute Gasteiger partial charge is 0.409 e. The number of carbonyl (C=O) groups excluding carboxylic acids is 2. The van der Waals surface area contributed by atoms with Crippen molar-refractivity contribution < 1.29 is 19.4 Å². The van der Waals surface area contributed by atoms with Crippen molar-refractivity contribution in [3.05, 3.63) is 52.2 Å². The zero-order chi connectivity index (χ0) is 23.2. The summed E-state index contributed by atoms with van der Waals surface area (Å²) in [5.41, 5.74) is 2.32. The summed E-state index contributed by atoms with van der Waals surface area (Å²) in [5.74, 6) is -0.140. The predicted octanol–water partition coefficient (Wildman–Crippen LogP) is 3.36. The lowest BCUT2D eigenvalue weighted by atomic mass is 9.88. The first-order valence-electron chi connectivity index (χ1n) is 11.1. The van der Waals surface area contributed by atoms with Crippen molar-refractivity contribution in [3.8, 4) is 6.07 Å². The average Bonchev–Trinajstić information content (AvgIpc) is 3.17. The van der Waals surface area contributed by atoms with Gasteiger partial charge < -0.3 is 20.1 Å². The molecular formula is C24H26N4O4S. The number of piperidine rings is 1. The molecule has 0 spiro atoms.